The Balaban J connectivity index is -0.00000000517. The summed E-state index contributed by atoms with van der Waals surface area (Å²) in [6.45, 7) is 0. The molecule has 0 aliphatic rings. The molecular weight excluding hydrogens is 1440 g/mol. The van der Waals surface area contributed by atoms with Gasteiger partial charge in [0, 0.05) is 91.7 Å². The summed E-state index contributed by atoms with van der Waals surface area (Å²) in [4.78, 5) is 170. The quantitative estimate of drug-likeness (QED) is 0.203. The molecular formula is H10Al3Fe3Mg3O40Si10Zn3. The molecule has 62 heteroatoms. The van der Waals surface area contributed by atoms with Gasteiger partial charge in [-0.15, -0.1) is 0 Å². The molecule has 3 radical (unpaired) electrons. The van der Waals surface area contributed by atoms with E-state index in [0.717, 1.165) is 0 Å². The Morgan fingerprint density at radius 3 is 0.177 bits per heavy atom. The monoisotopic (exact) mass is 1440 g/mol. The summed E-state index contributed by atoms with van der Waals surface area (Å²) >= 11 is 0. The topological polar surface area (TPSA) is 932 Å². The van der Waals surface area contributed by atoms with E-state index >= 15 is 0 Å². The van der Waals surface area contributed by atoms with Crippen LogP contribution in [-0.4, -0.2) is 268 Å². The van der Waals surface area contributed by atoms with Crippen LogP contribution in [0, 0.1) is 0 Å². The predicted molar refractivity (Wildman–Crippen MR) is 118 cm³/mol. The van der Waals surface area contributed by atoms with Gasteiger partial charge in [0.05, 0.1) is 0 Å². The second-order valence-corrected chi connectivity index (χ2v) is 7.50. The van der Waals surface area contributed by atoms with Crippen molar-refractivity contribution in [1.29, 1.82) is 0 Å². The third-order valence-electron chi connectivity index (χ3n) is 0. The summed E-state index contributed by atoms with van der Waals surface area (Å²) in [6, 6.07) is 0. The molecule has 0 rings (SSSR count). The van der Waals surface area contributed by atoms with E-state index in [4.69, 9.17) is 141 Å². The van der Waals surface area contributed by atoms with Crippen molar-refractivity contribution in [2.24, 2.45) is 0 Å². The average molecular weight is 1450 g/mol. The molecule has 40 nitrogen and oxygen atoms in total. The first-order valence-corrected chi connectivity index (χ1v) is 18.4. The zero-order valence-electron chi connectivity index (χ0n) is 28.8. The normalized spacial score (nSPS) is 3.87. The minimum absolute atomic E-state index is 0. The standard InChI is InChI=1S/3Al.3Fe.3Mg.10O3Si.10H2O.3Zn/c;;;;;;;;;10*1-4(2)3;;;;;;;;;;;;;/h;;;;;;;;;;;;;;;;;;;10*1H2;;;/q6*+3;3*+2;10*-2;;;;;;;;;;;3*+2/p-10. The van der Waals surface area contributed by atoms with Crippen LogP contribution in [0.2, 0.25) is 0 Å². The Labute approximate surface area is 510 Å². The first-order valence-electron chi connectivity index (χ1n) is 6.12. The molecule has 0 aliphatic heterocycles. The molecule has 0 heterocycles. The van der Waals surface area contributed by atoms with Crippen molar-refractivity contribution in [3.05, 3.63) is 0 Å². The Morgan fingerprint density at radius 2 is 0.177 bits per heavy atom. The number of hydrogen-bond acceptors (Lipinski definition) is 40. The largest absolute Gasteiger partial charge is 3.00 e. The number of rotatable bonds is 0. The minimum atomic E-state index is -3.63. The fraction of sp³-hybridized carbons (Fsp3) is 0. The Bertz CT molecular complexity index is 534. The van der Waals surface area contributed by atoms with Crippen molar-refractivity contribution in [1.82, 2.24) is 0 Å². The summed E-state index contributed by atoms with van der Waals surface area (Å²) in [7, 11) is -36.3. The predicted octanol–water partition coefficient (Wildman–Crippen LogP) is -32.8. The summed E-state index contributed by atoms with van der Waals surface area (Å²) in [5.74, 6) is 0. The maximum Gasteiger partial charge on any atom is 3.00 e. The molecule has 335 valence electrons. The van der Waals surface area contributed by atoms with E-state index in [-0.39, 0.29) is 286 Å². The maximum absolute atomic E-state index is 8.52. The van der Waals surface area contributed by atoms with Gasteiger partial charge in [-0.1, -0.05) is 0 Å². The molecule has 0 bridgehead atoms. The SMILES string of the molecule is O=[Si]([O-])[O-].O=[Si]([O-])[O-].O=[Si]([O-])[O-].O=[Si]([O-])[O-].O=[Si]([O-])[O-].O=[Si]([O-])[O-].O=[Si]([O-])[O-].O=[Si]([O-])[O-].O=[Si]([O-])[O-].O=[Si]([O-])[O-].[Al+3].[Al+3].[Al+3].[Fe+3].[Fe+3].[Fe+3].[Mg+2].[Mg+2].[Mg+2].[OH-].[OH-].[OH-].[OH-].[OH-].[OH-].[OH-].[OH-].[OH-].[OH-].[Zn+2].[Zn+2].[Zn+2]. The van der Waals surface area contributed by atoms with Gasteiger partial charge < -0.3 is 195 Å². The first kappa shape index (κ1) is 244. The van der Waals surface area contributed by atoms with E-state index in [1.807, 2.05) is 0 Å². The molecule has 10 N–H and O–H groups in total. The molecule has 0 aliphatic carbocycles. The molecule has 0 fully saturated rings. The van der Waals surface area contributed by atoms with Crippen molar-refractivity contribution in [2.75, 3.05) is 0 Å². The van der Waals surface area contributed by atoms with Crippen LogP contribution in [0.15, 0.2) is 0 Å². The molecule has 62 heavy (non-hydrogen) atoms. The fourth-order valence-corrected chi connectivity index (χ4v) is 0. The van der Waals surface area contributed by atoms with Gasteiger partial charge in [0.2, 0.25) is 0 Å². The van der Waals surface area contributed by atoms with Crippen molar-refractivity contribution in [3.63, 3.8) is 0 Å². The molecule has 0 aromatic carbocycles. The van der Waals surface area contributed by atoms with Crippen LogP contribution >= 0.6 is 0 Å². The first-order chi connectivity index (χ1) is 17.3. The van der Waals surface area contributed by atoms with Crippen LogP contribution in [0.4, 0.5) is 0 Å². The molecule has 0 saturated heterocycles. The fourth-order valence-electron chi connectivity index (χ4n) is 0. The van der Waals surface area contributed by atoms with E-state index in [1.165, 1.54) is 0 Å². The molecule has 0 unspecified atom stereocenters. The molecule has 0 aromatic rings. The Morgan fingerprint density at radius 1 is 0.177 bits per heavy atom. The average Bonchev–Trinajstić information content (AvgIpc) is 2.47. The summed E-state index contributed by atoms with van der Waals surface area (Å²) in [6.07, 6.45) is 0. The third-order valence-corrected chi connectivity index (χ3v) is 0. The van der Waals surface area contributed by atoms with E-state index in [0.29, 0.717) is 0 Å². The summed E-state index contributed by atoms with van der Waals surface area (Å²) < 4.78 is 85.2. The minimum Gasteiger partial charge on any atom is -0.870 e. The molecule has 0 amide bonds. The van der Waals surface area contributed by atoms with Gasteiger partial charge in [0.15, 0.2) is 0 Å². The summed E-state index contributed by atoms with van der Waals surface area (Å²) in [5, 5.41) is 0. The van der Waals surface area contributed by atoms with Crippen molar-refractivity contribution >= 4 is 213 Å². The maximum atomic E-state index is 8.52. The van der Waals surface area contributed by atoms with Crippen molar-refractivity contribution < 1.29 is 305 Å². The van der Waals surface area contributed by atoms with Crippen LogP contribution < -0.4 is 95.9 Å². The second kappa shape index (κ2) is 233. The molecule has 0 atom stereocenters. The van der Waals surface area contributed by atoms with Crippen LogP contribution in [0.5, 0.6) is 0 Å². The van der Waals surface area contributed by atoms with Gasteiger partial charge in [-0.3, -0.25) is 0 Å². The van der Waals surface area contributed by atoms with E-state index in [9.17, 15) is 0 Å². The van der Waals surface area contributed by atoms with E-state index < -0.39 is 91.7 Å². The van der Waals surface area contributed by atoms with Gasteiger partial charge in [-0.05, 0) is 0 Å². The molecule has 0 saturated carbocycles. The van der Waals surface area contributed by atoms with E-state index in [1.54, 1.807) is 0 Å². The van der Waals surface area contributed by atoms with Crippen LogP contribution in [0.3, 0.4) is 0 Å². The van der Waals surface area contributed by atoms with Crippen LogP contribution in [0.1, 0.15) is 0 Å². The van der Waals surface area contributed by atoms with Gasteiger partial charge >= 0.3 is 231 Å². The van der Waals surface area contributed by atoms with E-state index in [2.05, 4.69) is 0 Å². The second-order valence-electron chi connectivity index (χ2n) is 2.50. The van der Waals surface area contributed by atoms with Gasteiger partial charge in [0.25, 0.3) is 0 Å². The van der Waals surface area contributed by atoms with Gasteiger partial charge in [0.1, 0.15) is 0 Å². The third kappa shape index (κ3) is 25400. The van der Waals surface area contributed by atoms with Crippen LogP contribution in [-0.2, 0) is 154 Å². The zero-order chi connectivity index (χ0) is 35.8. The number of hydrogen-bond donors (Lipinski definition) is 0. The van der Waals surface area contributed by atoms with Crippen molar-refractivity contribution in [3.8, 4) is 0 Å². The van der Waals surface area contributed by atoms with Crippen molar-refractivity contribution in [2.45, 2.75) is 0 Å². The Hall–Kier alpha value is 3.09. The Kier molecular flexibility index (Phi) is 917. The smallest absolute Gasteiger partial charge is 0.870 e. The summed E-state index contributed by atoms with van der Waals surface area (Å²) in [5.41, 5.74) is 0. The molecule has 0 aromatic heterocycles. The van der Waals surface area contributed by atoms with Crippen LogP contribution in [0.25, 0.3) is 0 Å². The van der Waals surface area contributed by atoms with Gasteiger partial charge in [-0.25, -0.2) is 0 Å². The zero-order valence-corrected chi connectivity index (χ0v) is 58.7. The van der Waals surface area contributed by atoms with Gasteiger partial charge in [-0.2, -0.15) is 0 Å². The molecule has 0 spiro atoms.